The number of aliphatic hydroxyl groups is 1. The van der Waals surface area contributed by atoms with Gasteiger partial charge in [-0.2, -0.15) is 0 Å². The van der Waals surface area contributed by atoms with Crippen molar-refractivity contribution in [2.45, 2.75) is 418 Å². The van der Waals surface area contributed by atoms with Crippen LogP contribution >= 0.6 is 15.6 Å². The number of hydrogen-bond donors (Lipinski definition) is 3. The number of phosphoric acid groups is 2. The van der Waals surface area contributed by atoms with Crippen molar-refractivity contribution >= 4 is 39.5 Å². The molecule has 0 aliphatic heterocycles. The van der Waals surface area contributed by atoms with E-state index in [4.69, 9.17) is 37.0 Å². The van der Waals surface area contributed by atoms with E-state index in [9.17, 15) is 43.2 Å². The van der Waals surface area contributed by atoms with Crippen LogP contribution in [0.4, 0.5) is 0 Å². The Labute approximate surface area is 611 Å². The summed E-state index contributed by atoms with van der Waals surface area (Å²) in [5.41, 5.74) is 0. The van der Waals surface area contributed by atoms with E-state index in [0.29, 0.717) is 25.7 Å². The van der Waals surface area contributed by atoms with E-state index < -0.39 is 97.5 Å². The molecule has 0 saturated heterocycles. The molecule has 0 amide bonds. The summed E-state index contributed by atoms with van der Waals surface area (Å²) in [6, 6.07) is 0. The summed E-state index contributed by atoms with van der Waals surface area (Å²) < 4.78 is 68.7. The third-order valence-electron chi connectivity index (χ3n) is 18.1. The zero-order valence-electron chi connectivity index (χ0n) is 64.4. The Morgan fingerprint density at radius 2 is 0.490 bits per heavy atom. The monoisotopic (exact) mass is 1460 g/mol. The Hall–Kier alpha value is -2.72. The summed E-state index contributed by atoms with van der Waals surface area (Å²) in [4.78, 5) is 73.0. The minimum atomic E-state index is -4.97. The van der Waals surface area contributed by atoms with Crippen LogP contribution in [0, 0.1) is 0 Å². The molecule has 5 unspecified atom stereocenters. The van der Waals surface area contributed by atoms with Gasteiger partial charge in [-0.3, -0.25) is 37.3 Å². The summed E-state index contributed by atoms with van der Waals surface area (Å²) in [5.74, 6) is -2.15. The molecule has 0 aliphatic carbocycles. The molecule has 100 heavy (non-hydrogen) atoms. The van der Waals surface area contributed by atoms with Gasteiger partial charge in [-0.1, -0.05) is 327 Å². The number of phosphoric ester groups is 2. The van der Waals surface area contributed by atoms with Crippen molar-refractivity contribution in [3.63, 3.8) is 0 Å². The molecule has 588 valence electrons. The fraction of sp³-hybridized carbons (Fsp3) is 0.877. The number of hydrogen-bond acceptors (Lipinski definition) is 15. The van der Waals surface area contributed by atoms with Gasteiger partial charge in [-0.25, -0.2) is 9.13 Å². The fourth-order valence-corrected chi connectivity index (χ4v) is 13.4. The Morgan fingerprint density at radius 3 is 0.770 bits per heavy atom. The highest BCUT2D eigenvalue weighted by Crippen LogP contribution is 2.45. The van der Waals surface area contributed by atoms with Crippen molar-refractivity contribution in [1.82, 2.24) is 0 Å². The Bertz CT molecular complexity index is 2040. The van der Waals surface area contributed by atoms with E-state index in [2.05, 4.69) is 64.2 Å². The van der Waals surface area contributed by atoms with Gasteiger partial charge in [0.25, 0.3) is 0 Å². The van der Waals surface area contributed by atoms with Crippen molar-refractivity contribution in [3.8, 4) is 0 Å². The quantitative estimate of drug-likeness (QED) is 0.0169. The highest BCUT2D eigenvalue weighted by Gasteiger charge is 2.30. The third kappa shape index (κ3) is 73.6. The normalized spacial score (nSPS) is 14.0. The molecule has 0 aromatic heterocycles. The predicted molar refractivity (Wildman–Crippen MR) is 409 cm³/mol. The van der Waals surface area contributed by atoms with Crippen LogP contribution in [0.2, 0.25) is 0 Å². The zero-order valence-corrected chi connectivity index (χ0v) is 66.2. The van der Waals surface area contributed by atoms with Crippen molar-refractivity contribution in [2.75, 3.05) is 39.6 Å². The lowest BCUT2D eigenvalue weighted by Crippen LogP contribution is -2.30. The largest absolute Gasteiger partial charge is 0.472 e. The van der Waals surface area contributed by atoms with E-state index in [1.807, 2.05) is 0 Å². The van der Waals surface area contributed by atoms with E-state index in [1.165, 1.54) is 193 Å². The second-order valence-corrected chi connectivity index (χ2v) is 31.0. The molecule has 0 heterocycles. The summed E-state index contributed by atoms with van der Waals surface area (Å²) >= 11 is 0. The molecule has 17 nitrogen and oxygen atoms in total. The second-order valence-electron chi connectivity index (χ2n) is 28.1. The predicted octanol–water partition coefficient (Wildman–Crippen LogP) is 23.9. The molecule has 3 N–H and O–H groups in total. The summed E-state index contributed by atoms with van der Waals surface area (Å²) in [6.07, 6.45) is 71.1. The smallest absolute Gasteiger partial charge is 0.462 e. The lowest BCUT2D eigenvalue weighted by molar-refractivity contribution is -0.161. The lowest BCUT2D eigenvalue weighted by atomic mass is 10.0. The molecule has 0 spiro atoms. The Balaban J connectivity index is 5.32. The number of esters is 4. The number of unbranched alkanes of at least 4 members (excludes halogenated alkanes) is 47. The van der Waals surface area contributed by atoms with Gasteiger partial charge in [0.05, 0.1) is 26.4 Å². The average Bonchev–Trinajstić information content (AvgIpc) is 1.01. The fourth-order valence-electron chi connectivity index (χ4n) is 11.8. The molecule has 5 atom stereocenters. The van der Waals surface area contributed by atoms with Crippen LogP contribution in [0.3, 0.4) is 0 Å². The number of aliphatic hydroxyl groups excluding tert-OH is 1. The van der Waals surface area contributed by atoms with E-state index in [-0.39, 0.29) is 25.7 Å². The number of carbonyl (C=O) groups excluding carboxylic acids is 4. The Kier molecular flexibility index (Phi) is 72.5. The van der Waals surface area contributed by atoms with Gasteiger partial charge in [0.1, 0.15) is 19.3 Å². The highest BCUT2D eigenvalue weighted by atomic mass is 31.2. The van der Waals surface area contributed by atoms with Crippen molar-refractivity contribution < 1.29 is 80.2 Å². The summed E-state index contributed by atoms with van der Waals surface area (Å²) in [7, 11) is -9.94. The maximum Gasteiger partial charge on any atom is 0.472 e. The van der Waals surface area contributed by atoms with Gasteiger partial charge < -0.3 is 33.8 Å². The highest BCUT2D eigenvalue weighted by molar-refractivity contribution is 7.47. The minimum absolute atomic E-state index is 0.0882. The van der Waals surface area contributed by atoms with E-state index in [1.54, 1.807) is 0 Å². The van der Waals surface area contributed by atoms with Crippen molar-refractivity contribution in [1.29, 1.82) is 0 Å². The molecule has 0 aromatic rings. The van der Waals surface area contributed by atoms with Crippen LogP contribution < -0.4 is 0 Å². The molecule has 0 rings (SSSR count). The molecule has 0 aliphatic rings. The lowest BCUT2D eigenvalue weighted by Gasteiger charge is -2.21. The molecule has 0 radical (unpaired) electrons. The van der Waals surface area contributed by atoms with Crippen LogP contribution in [0.15, 0.2) is 36.5 Å². The van der Waals surface area contributed by atoms with Gasteiger partial charge in [-0.15, -0.1) is 0 Å². The van der Waals surface area contributed by atoms with Gasteiger partial charge in [0, 0.05) is 25.7 Å². The van der Waals surface area contributed by atoms with Crippen LogP contribution in [0.25, 0.3) is 0 Å². The van der Waals surface area contributed by atoms with Gasteiger partial charge in [-0.05, 0) is 83.5 Å². The van der Waals surface area contributed by atoms with E-state index in [0.717, 1.165) is 128 Å². The number of rotatable bonds is 79. The average molecular weight is 1460 g/mol. The van der Waals surface area contributed by atoms with Crippen molar-refractivity contribution in [3.05, 3.63) is 36.5 Å². The first-order chi connectivity index (χ1) is 48.7. The molecule has 0 fully saturated rings. The standard InChI is InChI=1S/C81H152O17P2/c1-5-9-13-17-21-25-29-33-37-41-45-49-53-57-61-65-78(83)91-71-76(97-80(85)67-63-59-55-51-47-43-39-35-31-27-23-19-15-11-7-3)73-95-99(87,88)93-69-75(82)70-94-100(89,90)96-74-77(98-81(86)68-64-60-56-52-48-44-40-36-32-28-24-20-16-12-8-4)72-92-79(84)66-62-58-54-50-46-42-38-34-30-26-22-18-14-10-6-2/h21,25,33,35,37,39,75-77,82H,5-20,22-24,26-32,34,36,38,40-74H2,1-4H3,(H,87,88)(H,89,90). The molecule has 19 heteroatoms. The molecule has 0 aromatic carbocycles. The number of carbonyl (C=O) groups is 4. The van der Waals surface area contributed by atoms with Gasteiger partial charge >= 0.3 is 39.5 Å². The molecule has 0 bridgehead atoms. The molecular formula is C81H152O17P2. The molecule has 0 saturated carbocycles. The van der Waals surface area contributed by atoms with Crippen LogP contribution in [-0.4, -0.2) is 96.7 Å². The first kappa shape index (κ1) is 97.3. The first-order valence-electron chi connectivity index (χ1n) is 41.2. The zero-order chi connectivity index (χ0) is 73.2. The Morgan fingerprint density at radius 1 is 0.280 bits per heavy atom. The molecular weight excluding hydrogens is 1310 g/mol. The second kappa shape index (κ2) is 74.5. The first-order valence-corrected chi connectivity index (χ1v) is 44.2. The summed E-state index contributed by atoms with van der Waals surface area (Å²) in [5, 5.41) is 10.6. The topological polar surface area (TPSA) is 237 Å². The number of ether oxygens (including phenoxy) is 4. The number of allylic oxidation sites excluding steroid dienone is 6. The third-order valence-corrected chi connectivity index (χ3v) is 20.0. The summed E-state index contributed by atoms with van der Waals surface area (Å²) in [6.45, 7) is 4.93. The minimum Gasteiger partial charge on any atom is -0.462 e. The van der Waals surface area contributed by atoms with Crippen molar-refractivity contribution in [2.24, 2.45) is 0 Å². The maximum absolute atomic E-state index is 13.1. The van der Waals surface area contributed by atoms with E-state index >= 15 is 0 Å². The SMILES string of the molecule is CCCCCC=CCC=CCCCCCCCC(=O)OCC(COP(=O)(O)OCC(O)COP(=O)(O)OCC(COC(=O)CCCCCCCCCCCCCCCCC)OC(=O)CCCCCCCCCCCCCCCCC)OC(=O)CCCCCCCC=CCCCCCCCC. The van der Waals surface area contributed by atoms with Crippen LogP contribution in [0.5, 0.6) is 0 Å². The van der Waals surface area contributed by atoms with Crippen LogP contribution in [-0.2, 0) is 65.4 Å². The van der Waals surface area contributed by atoms with Crippen LogP contribution in [0.1, 0.15) is 400 Å². The van der Waals surface area contributed by atoms with Gasteiger partial charge in [0.15, 0.2) is 12.2 Å². The maximum atomic E-state index is 13.1. The van der Waals surface area contributed by atoms with Gasteiger partial charge in [0.2, 0.25) is 0 Å².